The van der Waals surface area contributed by atoms with Gasteiger partial charge in [-0.1, -0.05) is 198 Å². The van der Waals surface area contributed by atoms with Gasteiger partial charge in [-0.25, -0.2) is 0 Å². The molecule has 0 aromatic heterocycles. The average molecular weight is 865 g/mol. The van der Waals surface area contributed by atoms with Crippen LogP contribution in [0.4, 0.5) is 34.1 Å². The second kappa shape index (κ2) is 16.2. The van der Waals surface area contributed by atoms with Gasteiger partial charge in [0.1, 0.15) is 0 Å². The highest BCUT2D eigenvalue weighted by molar-refractivity contribution is 7.00. The van der Waals surface area contributed by atoms with E-state index in [0.717, 1.165) is 0 Å². The lowest BCUT2D eigenvalue weighted by atomic mass is 9.33. The van der Waals surface area contributed by atoms with E-state index in [-0.39, 0.29) is 28.4 Å². The van der Waals surface area contributed by atoms with Crippen LogP contribution in [0, 0.1) is 6.92 Å². The van der Waals surface area contributed by atoms with Crippen LogP contribution in [0.3, 0.4) is 0 Å². The van der Waals surface area contributed by atoms with E-state index in [1.54, 1.807) is 0 Å². The Labute approximate surface area is 397 Å². The zero-order valence-electron chi connectivity index (χ0n) is 41.5. The lowest BCUT2D eigenvalue weighted by Crippen LogP contribution is -2.61. The summed E-state index contributed by atoms with van der Waals surface area (Å²) in [7, 11) is 0. The fourth-order valence-electron chi connectivity index (χ4n) is 11.6. The summed E-state index contributed by atoms with van der Waals surface area (Å²) in [5.74, 6) is 0.492. The predicted molar refractivity (Wildman–Crippen MR) is 286 cm³/mol. The second-order valence-electron chi connectivity index (χ2n) is 23.0. The van der Waals surface area contributed by atoms with Gasteiger partial charge in [-0.2, -0.15) is 0 Å². The molecular weight excluding hydrogens is 796 g/mol. The number of hydrogen-bond donors (Lipinski definition) is 0. The van der Waals surface area contributed by atoms with Gasteiger partial charge in [-0.05, 0) is 140 Å². The minimum Gasteiger partial charge on any atom is -0.311 e. The molecule has 10 rings (SSSR count). The Morgan fingerprint density at radius 1 is 0.409 bits per heavy atom. The maximum absolute atomic E-state index is 2.71. The summed E-state index contributed by atoms with van der Waals surface area (Å²) in [6, 6.07) is 59.1. The molecule has 3 aliphatic rings. The van der Waals surface area contributed by atoms with Crippen molar-refractivity contribution in [3.05, 3.63) is 196 Å². The van der Waals surface area contributed by atoms with E-state index < -0.39 is 0 Å². The van der Waals surface area contributed by atoms with Crippen molar-refractivity contribution in [2.75, 3.05) is 9.80 Å². The number of rotatable bonds is 7. The summed E-state index contributed by atoms with van der Waals surface area (Å²) < 4.78 is 0. The van der Waals surface area contributed by atoms with Crippen molar-refractivity contribution in [1.82, 2.24) is 0 Å². The van der Waals surface area contributed by atoms with Crippen molar-refractivity contribution in [2.24, 2.45) is 0 Å². The van der Waals surface area contributed by atoms with E-state index in [1.165, 1.54) is 127 Å². The molecule has 0 unspecified atom stereocenters. The predicted octanol–water partition coefficient (Wildman–Crippen LogP) is 15.4. The first-order valence-corrected chi connectivity index (χ1v) is 24.8. The standard InChI is InChI=1S/C63H69BN2/c1-42-37-57-59-58(38-42)66(54-34-30-48(39-51(54)43-21-15-12-16-22-43)62(8,9)45-23-17-13-18-24-45)56-36-31-49(63(10,11)46-25-19-14-20-26-46)41-53(56)64(59)52-40-47(61(5,6)7)29-35-55(52)65(57)50-32-27-44(28-33-50)60(2,3)4/h13-14,17-20,23-41,43H,12,15-16,21-22H2,1-11H3. The van der Waals surface area contributed by atoms with Gasteiger partial charge >= 0.3 is 0 Å². The fourth-order valence-corrected chi connectivity index (χ4v) is 11.6. The molecule has 0 atom stereocenters. The Hall–Kier alpha value is -5.80. The van der Waals surface area contributed by atoms with Crippen LogP contribution < -0.4 is 26.2 Å². The molecule has 1 fully saturated rings. The molecule has 0 bridgehead atoms. The van der Waals surface area contributed by atoms with Crippen LogP contribution in [0.2, 0.25) is 0 Å². The smallest absolute Gasteiger partial charge is 0.252 e. The number of anilines is 6. The highest BCUT2D eigenvalue weighted by Crippen LogP contribution is 2.50. The van der Waals surface area contributed by atoms with Crippen LogP contribution in [0.5, 0.6) is 0 Å². The molecule has 0 amide bonds. The van der Waals surface area contributed by atoms with Gasteiger partial charge < -0.3 is 9.80 Å². The van der Waals surface area contributed by atoms with E-state index in [1.807, 2.05) is 0 Å². The van der Waals surface area contributed by atoms with Gasteiger partial charge in [0, 0.05) is 45.0 Å². The zero-order chi connectivity index (χ0) is 46.3. The first-order valence-electron chi connectivity index (χ1n) is 24.8. The molecule has 2 aliphatic heterocycles. The minimum absolute atomic E-state index is 0.0184. The summed E-state index contributed by atoms with van der Waals surface area (Å²) in [5, 5.41) is 0. The van der Waals surface area contributed by atoms with Crippen LogP contribution in [-0.2, 0) is 21.7 Å². The lowest BCUT2D eigenvalue weighted by molar-refractivity contribution is 0.443. The first kappa shape index (κ1) is 44.1. The molecule has 66 heavy (non-hydrogen) atoms. The molecule has 2 nitrogen and oxygen atoms in total. The van der Waals surface area contributed by atoms with Crippen molar-refractivity contribution >= 4 is 57.2 Å². The third-order valence-corrected chi connectivity index (χ3v) is 15.8. The highest BCUT2D eigenvalue weighted by Gasteiger charge is 2.45. The Balaban J connectivity index is 1.28. The Morgan fingerprint density at radius 3 is 1.41 bits per heavy atom. The SMILES string of the molecule is Cc1cc2c3c(c1)N(c1ccc(C(C)(C)c4ccccc4)cc1C1CCCCC1)c1ccc(C(C)(C)c4ccccc4)cc1B3c1cc(C(C)(C)C)ccc1N2c1ccc(C(C)(C)C)cc1. The second-order valence-corrected chi connectivity index (χ2v) is 23.0. The molecule has 0 spiro atoms. The van der Waals surface area contributed by atoms with Crippen LogP contribution in [0.1, 0.15) is 152 Å². The molecular formula is C63H69BN2. The molecule has 7 aromatic carbocycles. The Kier molecular flexibility index (Phi) is 10.8. The van der Waals surface area contributed by atoms with Crippen molar-refractivity contribution in [1.29, 1.82) is 0 Å². The summed E-state index contributed by atoms with van der Waals surface area (Å²) in [6.45, 7) is 25.9. The number of fused-ring (bicyclic) bond motifs is 4. The van der Waals surface area contributed by atoms with E-state index in [4.69, 9.17) is 0 Å². The minimum atomic E-state index is -0.207. The Bertz CT molecular complexity index is 2920. The summed E-state index contributed by atoms with van der Waals surface area (Å²) >= 11 is 0. The van der Waals surface area contributed by atoms with Gasteiger partial charge in [0.2, 0.25) is 0 Å². The quantitative estimate of drug-likeness (QED) is 0.147. The molecule has 334 valence electrons. The van der Waals surface area contributed by atoms with E-state index in [9.17, 15) is 0 Å². The van der Waals surface area contributed by atoms with Crippen LogP contribution >= 0.6 is 0 Å². The molecule has 0 saturated heterocycles. The molecule has 0 N–H and O–H groups in total. The van der Waals surface area contributed by atoms with Crippen LogP contribution in [0.25, 0.3) is 0 Å². The van der Waals surface area contributed by atoms with Crippen molar-refractivity contribution in [3.8, 4) is 0 Å². The fraction of sp³-hybridized carbons (Fsp3) is 0.333. The van der Waals surface area contributed by atoms with E-state index in [2.05, 4.69) is 238 Å². The molecule has 3 heteroatoms. The summed E-state index contributed by atoms with van der Waals surface area (Å²) in [4.78, 5) is 5.30. The summed E-state index contributed by atoms with van der Waals surface area (Å²) in [5.41, 5.74) is 22.4. The number of benzene rings is 7. The maximum Gasteiger partial charge on any atom is 0.252 e. The maximum atomic E-state index is 2.71. The highest BCUT2D eigenvalue weighted by atomic mass is 15.2. The average Bonchev–Trinajstić information content (AvgIpc) is 3.31. The molecule has 7 aromatic rings. The topological polar surface area (TPSA) is 6.48 Å². The molecule has 1 saturated carbocycles. The molecule has 1 aliphatic carbocycles. The number of aryl methyl sites for hydroxylation is 1. The van der Waals surface area contributed by atoms with Crippen molar-refractivity contribution in [2.45, 2.75) is 136 Å². The first-order chi connectivity index (χ1) is 31.4. The number of nitrogens with zero attached hydrogens (tertiary/aromatic N) is 2. The van der Waals surface area contributed by atoms with Gasteiger partial charge in [0.15, 0.2) is 0 Å². The summed E-state index contributed by atoms with van der Waals surface area (Å²) in [6.07, 6.45) is 6.33. The van der Waals surface area contributed by atoms with Gasteiger partial charge in [0.25, 0.3) is 6.71 Å². The van der Waals surface area contributed by atoms with Crippen molar-refractivity contribution in [3.63, 3.8) is 0 Å². The molecule has 2 heterocycles. The zero-order valence-corrected chi connectivity index (χ0v) is 41.5. The van der Waals surface area contributed by atoms with Gasteiger partial charge in [0.05, 0.1) is 0 Å². The third kappa shape index (κ3) is 7.51. The van der Waals surface area contributed by atoms with E-state index >= 15 is 0 Å². The van der Waals surface area contributed by atoms with Crippen LogP contribution in [-0.4, -0.2) is 6.71 Å². The normalized spacial score (nSPS) is 15.3. The number of hydrogen-bond acceptors (Lipinski definition) is 2. The lowest BCUT2D eigenvalue weighted by Gasteiger charge is -2.46. The molecule has 0 radical (unpaired) electrons. The van der Waals surface area contributed by atoms with Crippen LogP contribution in [0.15, 0.2) is 152 Å². The third-order valence-electron chi connectivity index (χ3n) is 15.8. The Morgan fingerprint density at radius 2 is 0.864 bits per heavy atom. The largest absolute Gasteiger partial charge is 0.311 e. The monoisotopic (exact) mass is 865 g/mol. The van der Waals surface area contributed by atoms with E-state index in [0.29, 0.717) is 5.92 Å². The van der Waals surface area contributed by atoms with Crippen molar-refractivity contribution < 1.29 is 0 Å². The van der Waals surface area contributed by atoms with Gasteiger partial charge in [-0.15, -0.1) is 0 Å². The van der Waals surface area contributed by atoms with Gasteiger partial charge in [-0.3, -0.25) is 0 Å².